The van der Waals surface area contributed by atoms with Gasteiger partial charge in [-0.25, -0.2) is 0 Å². The zero-order valence-electron chi connectivity index (χ0n) is 15.6. The first-order valence-corrected chi connectivity index (χ1v) is 10.7. The summed E-state index contributed by atoms with van der Waals surface area (Å²) in [5.41, 5.74) is 0.138. The van der Waals surface area contributed by atoms with E-state index >= 15 is 0 Å². The third-order valence-electron chi connectivity index (χ3n) is 6.84. The number of hydrogen-bond acceptors (Lipinski definition) is 3. The zero-order chi connectivity index (χ0) is 19.2. The van der Waals surface area contributed by atoms with Crippen LogP contribution in [0.4, 0.5) is 0 Å². The Bertz CT molecular complexity index is 727. The number of hydrogen-bond donors (Lipinski definition) is 2. The highest BCUT2D eigenvalue weighted by Gasteiger charge is 2.58. The number of halogens is 2. The second kappa shape index (κ2) is 7.46. The number of rotatable bonds is 6. The number of ether oxygens (including phenoxy) is 1. The number of carbonyl (C=O) groups excluding carboxylic acids is 1. The lowest BCUT2D eigenvalue weighted by Crippen LogP contribution is -2.65. The average molecular weight is 412 g/mol. The smallest absolute Gasteiger partial charge is 0.220 e. The molecule has 1 aromatic rings. The number of nitrogens with one attached hydrogen (secondary N) is 1. The molecule has 1 amide bonds. The molecule has 4 bridgehead atoms. The van der Waals surface area contributed by atoms with E-state index in [1.807, 2.05) is 0 Å². The summed E-state index contributed by atoms with van der Waals surface area (Å²) >= 11 is 12.0. The first-order valence-electron chi connectivity index (χ1n) is 9.91. The predicted octanol–water partition coefficient (Wildman–Crippen LogP) is 4.45. The highest BCUT2D eigenvalue weighted by Crippen LogP contribution is 2.59. The Labute approximate surface area is 170 Å². The van der Waals surface area contributed by atoms with Gasteiger partial charge < -0.3 is 15.2 Å². The lowest BCUT2D eigenvalue weighted by atomic mass is 9.47. The van der Waals surface area contributed by atoms with Gasteiger partial charge in [0.15, 0.2) is 0 Å². The van der Waals surface area contributed by atoms with E-state index in [-0.39, 0.29) is 29.4 Å². The Morgan fingerprint density at radius 3 is 2.93 bits per heavy atom. The van der Waals surface area contributed by atoms with Crippen molar-refractivity contribution in [2.24, 2.45) is 23.2 Å². The molecule has 148 valence electrons. The van der Waals surface area contributed by atoms with Crippen LogP contribution in [0.3, 0.4) is 0 Å². The second-order valence-corrected chi connectivity index (χ2v) is 9.73. The van der Waals surface area contributed by atoms with E-state index in [1.54, 1.807) is 18.2 Å². The lowest BCUT2D eigenvalue weighted by Gasteiger charge is -2.62. The number of benzene rings is 1. The van der Waals surface area contributed by atoms with Gasteiger partial charge in [-0.05, 0) is 67.6 Å². The third-order valence-corrected chi connectivity index (χ3v) is 7.37. The Morgan fingerprint density at radius 2 is 2.15 bits per heavy atom. The average Bonchev–Trinajstić information content (AvgIpc) is 2.60. The van der Waals surface area contributed by atoms with E-state index < -0.39 is 0 Å². The fourth-order valence-corrected chi connectivity index (χ4v) is 6.35. The minimum absolute atomic E-state index is 0.0479. The molecule has 4 aliphatic carbocycles. The summed E-state index contributed by atoms with van der Waals surface area (Å²) in [6, 6.07) is 5.21. The van der Waals surface area contributed by atoms with Crippen LogP contribution < -0.4 is 10.1 Å². The molecule has 0 radical (unpaired) electrons. The SMILES string of the molecule is CC12CC3CC(C1)C(O)C(C3)C2NC(=O)CCCOc1ccc(Cl)cc1Cl. The number of carbonyl (C=O) groups is 1. The van der Waals surface area contributed by atoms with Crippen LogP contribution in [0, 0.1) is 23.2 Å². The Balaban J connectivity index is 1.27. The predicted molar refractivity (Wildman–Crippen MR) is 106 cm³/mol. The largest absolute Gasteiger partial charge is 0.492 e. The third kappa shape index (κ3) is 3.81. The van der Waals surface area contributed by atoms with Gasteiger partial charge in [-0.15, -0.1) is 0 Å². The van der Waals surface area contributed by atoms with Crippen molar-refractivity contribution < 1.29 is 14.6 Å². The molecule has 0 saturated heterocycles. The quantitative estimate of drug-likeness (QED) is 0.679. The molecule has 6 heteroatoms. The van der Waals surface area contributed by atoms with Gasteiger partial charge in [0.25, 0.3) is 0 Å². The van der Waals surface area contributed by atoms with E-state index in [2.05, 4.69) is 12.2 Å². The molecule has 4 aliphatic rings. The maximum atomic E-state index is 12.5. The number of amides is 1. The van der Waals surface area contributed by atoms with E-state index in [0.717, 1.165) is 18.8 Å². The molecule has 4 fully saturated rings. The van der Waals surface area contributed by atoms with Crippen molar-refractivity contribution in [1.29, 1.82) is 0 Å². The molecule has 5 rings (SSSR count). The summed E-state index contributed by atoms with van der Waals surface area (Å²) in [6.45, 7) is 2.72. The standard InChI is InChI=1S/C21H27Cl2NO3/c1-21-10-12-7-13(11-21)19(26)15(8-12)20(21)24-18(25)3-2-6-27-17-5-4-14(22)9-16(17)23/h4-5,9,12-13,15,19-20,26H,2-3,6-8,10-11H2,1H3,(H,24,25). The maximum Gasteiger partial charge on any atom is 0.220 e. The first-order chi connectivity index (χ1) is 12.9. The fourth-order valence-electron chi connectivity index (χ4n) is 5.89. The molecule has 0 aliphatic heterocycles. The maximum absolute atomic E-state index is 12.5. The van der Waals surface area contributed by atoms with E-state index in [9.17, 15) is 9.90 Å². The van der Waals surface area contributed by atoms with Crippen LogP contribution in [0.15, 0.2) is 18.2 Å². The Kier molecular flexibility index (Phi) is 5.34. The summed E-state index contributed by atoms with van der Waals surface area (Å²) in [6.07, 6.45) is 5.20. The monoisotopic (exact) mass is 411 g/mol. The van der Waals surface area contributed by atoms with Crippen LogP contribution in [-0.4, -0.2) is 29.8 Å². The van der Waals surface area contributed by atoms with Crippen molar-refractivity contribution in [1.82, 2.24) is 5.32 Å². The summed E-state index contributed by atoms with van der Waals surface area (Å²) in [4.78, 5) is 12.5. The molecule has 2 N–H and O–H groups in total. The van der Waals surface area contributed by atoms with Crippen LogP contribution in [0.2, 0.25) is 10.0 Å². The normalized spacial score (nSPS) is 36.7. The molecule has 27 heavy (non-hydrogen) atoms. The summed E-state index contributed by atoms with van der Waals surface area (Å²) in [5, 5.41) is 14.9. The molecule has 0 spiro atoms. The molecule has 0 heterocycles. The number of aliphatic hydroxyl groups is 1. The molecular formula is C21H27Cl2NO3. The van der Waals surface area contributed by atoms with E-state index in [4.69, 9.17) is 27.9 Å². The summed E-state index contributed by atoms with van der Waals surface area (Å²) in [7, 11) is 0. The summed E-state index contributed by atoms with van der Waals surface area (Å²) in [5.74, 6) is 2.00. The first kappa shape index (κ1) is 19.4. The van der Waals surface area contributed by atoms with E-state index in [1.165, 1.54) is 12.8 Å². The minimum Gasteiger partial charge on any atom is -0.492 e. The van der Waals surface area contributed by atoms with Crippen molar-refractivity contribution in [3.05, 3.63) is 28.2 Å². The molecule has 0 aromatic heterocycles. The highest BCUT2D eigenvalue weighted by atomic mass is 35.5. The molecular weight excluding hydrogens is 385 g/mol. The van der Waals surface area contributed by atoms with Crippen molar-refractivity contribution in [3.63, 3.8) is 0 Å². The van der Waals surface area contributed by atoms with Gasteiger partial charge in [-0.2, -0.15) is 0 Å². The Hall–Kier alpha value is -0.970. The molecule has 4 nitrogen and oxygen atoms in total. The van der Waals surface area contributed by atoms with Crippen LogP contribution in [0.1, 0.15) is 45.4 Å². The lowest BCUT2D eigenvalue weighted by molar-refractivity contribution is -0.156. The van der Waals surface area contributed by atoms with Crippen molar-refractivity contribution >= 4 is 29.1 Å². The van der Waals surface area contributed by atoms with Crippen molar-refractivity contribution in [3.8, 4) is 5.75 Å². The van der Waals surface area contributed by atoms with Crippen LogP contribution in [-0.2, 0) is 4.79 Å². The van der Waals surface area contributed by atoms with Gasteiger partial charge in [-0.1, -0.05) is 30.1 Å². The van der Waals surface area contributed by atoms with Gasteiger partial charge >= 0.3 is 0 Å². The van der Waals surface area contributed by atoms with Gasteiger partial charge in [0.1, 0.15) is 5.75 Å². The van der Waals surface area contributed by atoms with Crippen LogP contribution >= 0.6 is 23.2 Å². The van der Waals surface area contributed by atoms with Gasteiger partial charge in [0, 0.05) is 23.4 Å². The van der Waals surface area contributed by atoms with Gasteiger partial charge in [-0.3, -0.25) is 4.79 Å². The summed E-state index contributed by atoms with van der Waals surface area (Å²) < 4.78 is 5.65. The molecule has 6 unspecified atom stereocenters. The zero-order valence-corrected chi connectivity index (χ0v) is 17.1. The van der Waals surface area contributed by atoms with Gasteiger partial charge in [0.2, 0.25) is 5.91 Å². The number of aliphatic hydroxyl groups excluding tert-OH is 1. The molecule has 6 atom stereocenters. The van der Waals surface area contributed by atoms with Gasteiger partial charge in [0.05, 0.1) is 17.7 Å². The van der Waals surface area contributed by atoms with E-state index in [0.29, 0.717) is 41.2 Å². The van der Waals surface area contributed by atoms with Crippen molar-refractivity contribution in [2.45, 2.75) is 57.6 Å². The van der Waals surface area contributed by atoms with Crippen LogP contribution in [0.5, 0.6) is 5.75 Å². The topological polar surface area (TPSA) is 58.6 Å². The second-order valence-electron chi connectivity index (χ2n) is 8.89. The molecule has 4 saturated carbocycles. The Morgan fingerprint density at radius 1 is 1.33 bits per heavy atom. The minimum atomic E-state index is -0.254. The molecule has 1 aromatic carbocycles. The highest BCUT2D eigenvalue weighted by molar-refractivity contribution is 6.35. The fraction of sp³-hybridized carbons (Fsp3) is 0.667. The van der Waals surface area contributed by atoms with Crippen LogP contribution in [0.25, 0.3) is 0 Å². The van der Waals surface area contributed by atoms with Crippen molar-refractivity contribution in [2.75, 3.05) is 6.61 Å².